The molecular formula is C21H20ClN7O. The molecule has 8 nitrogen and oxygen atoms in total. The second-order valence-corrected chi connectivity index (χ2v) is 7.50. The zero-order valence-corrected chi connectivity index (χ0v) is 17.3. The van der Waals surface area contributed by atoms with E-state index in [2.05, 4.69) is 20.1 Å². The summed E-state index contributed by atoms with van der Waals surface area (Å²) in [5, 5.41) is 5.70. The van der Waals surface area contributed by atoms with Crippen LogP contribution in [0.3, 0.4) is 0 Å². The Bertz CT molecular complexity index is 1220. The molecule has 0 saturated heterocycles. The van der Waals surface area contributed by atoms with Gasteiger partial charge in [-0.3, -0.25) is 14.5 Å². The summed E-state index contributed by atoms with van der Waals surface area (Å²) in [5.74, 6) is 0.875. The molecule has 0 atom stereocenters. The van der Waals surface area contributed by atoms with Crippen molar-refractivity contribution in [3.63, 3.8) is 0 Å². The standard InChI is InChI=1S/C21H20ClN7O/c1-13-7-15-8-14(3-6-18(15)26-20(13)23)21(30)29(11-19-25-12-28(2)27-19)10-17-5-4-16(22)9-24-17/h3-9,12H,10-11H2,1-2H3,(H2,23,26). The molecule has 2 N–H and O–H groups in total. The molecule has 4 aromatic rings. The lowest BCUT2D eigenvalue weighted by Crippen LogP contribution is -2.31. The maximum Gasteiger partial charge on any atom is 0.254 e. The van der Waals surface area contributed by atoms with Crippen molar-refractivity contribution in [3.05, 3.63) is 76.6 Å². The van der Waals surface area contributed by atoms with E-state index in [1.165, 1.54) is 0 Å². The minimum absolute atomic E-state index is 0.157. The highest BCUT2D eigenvalue weighted by atomic mass is 35.5. The van der Waals surface area contributed by atoms with Crippen molar-refractivity contribution in [3.8, 4) is 0 Å². The van der Waals surface area contributed by atoms with Gasteiger partial charge in [-0.2, -0.15) is 5.10 Å². The van der Waals surface area contributed by atoms with E-state index in [1.807, 2.05) is 19.1 Å². The molecule has 1 aromatic carbocycles. The van der Waals surface area contributed by atoms with Crippen molar-refractivity contribution < 1.29 is 4.79 Å². The van der Waals surface area contributed by atoms with Gasteiger partial charge in [-0.25, -0.2) is 9.97 Å². The Morgan fingerprint density at radius 2 is 2.00 bits per heavy atom. The first kappa shape index (κ1) is 19.8. The lowest BCUT2D eigenvalue weighted by molar-refractivity contribution is 0.0723. The molecule has 1 amide bonds. The Hall–Kier alpha value is -3.52. The molecule has 4 rings (SSSR count). The first-order chi connectivity index (χ1) is 14.4. The van der Waals surface area contributed by atoms with E-state index in [0.29, 0.717) is 28.8 Å². The van der Waals surface area contributed by atoms with Gasteiger partial charge in [-0.1, -0.05) is 11.6 Å². The van der Waals surface area contributed by atoms with E-state index >= 15 is 0 Å². The molecule has 3 heterocycles. The smallest absolute Gasteiger partial charge is 0.254 e. The maximum atomic E-state index is 13.4. The summed E-state index contributed by atoms with van der Waals surface area (Å²) < 4.78 is 1.60. The molecule has 0 aliphatic carbocycles. The topological polar surface area (TPSA) is 103 Å². The number of amides is 1. The van der Waals surface area contributed by atoms with Crippen LogP contribution in [0.1, 0.15) is 27.4 Å². The molecule has 0 bridgehead atoms. The van der Waals surface area contributed by atoms with Gasteiger partial charge in [-0.15, -0.1) is 0 Å². The highest BCUT2D eigenvalue weighted by Crippen LogP contribution is 2.21. The van der Waals surface area contributed by atoms with Crippen LogP contribution >= 0.6 is 11.6 Å². The highest BCUT2D eigenvalue weighted by molar-refractivity contribution is 6.30. The van der Waals surface area contributed by atoms with Crippen LogP contribution in [-0.2, 0) is 20.1 Å². The number of nitrogens with two attached hydrogens (primary N) is 1. The van der Waals surface area contributed by atoms with Gasteiger partial charge in [0.2, 0.25) is 0 Å². The first-order valence-electron chi connectivity index (χ1n) is 9.30. The number of nitrogens with zero attached hydrogens (tertiary/aromatic N) is 6. The van der Waals surface area contributed by atoms with Gasteiger partial charge in [0.1, 0.15) is 12.1 Å². The van der Waals surface area contributed by atoms with Gasteiger partial charge < -0.3 is 10.6 Å². The predicted octanol–water partition coefficient (Wildman–Crippen LogP) is 3.14. The van der Waals surface area contributed by atoms with Crippen molar-refractivity contribution in [2.24, 2.45) is 7.05 Å². The van der Waals surface area contributed by atoms with Gasteiger partial charge in [0.15, 0.2) is 5.82 Å². The number of aromatic nitrogens is 5. The van der Waals surface area contributed by atoms with Crippen molar-refractivity contribution in [1.29, 1.82) is 0 Å². The van der Waals surface area contributed by atoms with Gasteiger partial charge in [-0.05, 0) is 48.9 Å². The normalized spacial score (nSPS) is 11.0. The average molecular weight is 422 g/mol. The van der Waals surface area contributed by atoms with Crippen LogP contribution in [0.15, 0.2) is 48.9 Å². The van der Waals surface area contributed by atoms with Crippen molar-refractivity contribution >= 4 is 34.2 Å². The number of rotatable bonds is 5. The lowest BCUT2D eigenvalue weighted by atomic mass is 10.1. The van der Waals surface area contributed by atoms with Crippen molar-refractivity contribution in [1.82, 2.24) is 29.6 Å². The fraction of sp³-hybridized carbons (Fsp3) is 0.190. The third-order valence-corrected chi connectivity index (χ3v) is 4.92. The van der Waals surface area contributed by atoms with Gasteiger partial charge >= 0.3 is 0 Å². The number of halogens is 1. The molecule has 3 aromatic heterocycles. The van der Waals surface area contributed by atoms with Gasteiger partial charge in [0.25, 0.3) is 5.91 Å². The monoisotopic (exact) mass is 421 g/mol. The Labute approximate surface area is 178 Å². The molecule has 0 aliphatic rings. The van der Waals surface area contributed by atoms with E-state index in [0.717, 1.165) is 22.2 Å². The largest absolute Gasteiger partial charge is 0.383 e. The molecule has 0 radical (unpaired) electrons. The molecule has 9 heteroatoms. The number of carbonyl (C=O) groups is 1. The number of nitrogen functional groups attached to an aromatic ring is 1. The molecular weight excluding hydrogens is 402 g/mol. The zero-order chi connectivity index (χ0) is 21.3. The molecule has 0 saturated carbocycles. The minimum atomic E-state index is -0.157. The summed E-state index contributed by atoms with van der Waals surface area (Å²) in [6, 6.07) is 10.9. The number of pyridine rings is 2. The van der Waals surface area contributed by atoms with Crippen molar-refractivity contribution in [2.45, 2.75) is 20.0 Å². The van der Waals surface area contributed by atoms with Crippen LogP contribution < -0.4 is 5.73 Å². The van der Waals surface area contributed by atoms with E-state index < -0.39 is 0 Å². The third-order valence-electron chi connectivity index (χ3n) is 4.70. The minimum Gasteiger partial charge on any atom is -0.383 e. The van der Waals surface area contributed by atoms with Crippen LogP contribution in [-0.4, -0.2) is 35.5 Å². The summed E-state index contributed by atoms with van der Waals surface area (Å²) in [5.41, 5.74) is 8.77. The first-order valence-corrected chi connectivity index (χ1v) is 9.68. The lowest BCUT2D eigenvalue weighted by Gasteiger charge is -2.21. The number of benzene rings is 1. The van der Waals surface area contributed by atoms with E-state index in [1.54, 1.807) is 53.4 Å². The van der Waals surface area contributed by atoms with Gasteiger partial charge in [0, 0.05) is 24.2 Å². The number of fused-ring (bicyclic) bond motifs is 1. The van der Waals surface area contributed by atoms with E-state index in [9.17, 15) is 4.79 Å². The second-order valence-electron chi connectivity index (χ2n) is 7.06. The number of carbonyl (C=O) groups excluding carboxylic acids is 1. The number of hydrogen-bond acceptors (Lipinski definition) is 6. The molecule has 152 valence electrons. The molecule has 0 aliphatic heterocycles. The summed E-state index contributed by atoms with van der Waals surface area (Å²) in [7, 11) is 1.79. The summed E-state index contributed by atoms with van der Waals surface area (Å²) in [6.07, 6.45) is 3.17. The third kappa shape index (κ3) is 4.23. The summed E-state index contributed by atoms with van der Waals surface area (Å²) in [4.78, 5) is 28.0. The number of anilines is 1. The summed E-state index contributed by atoms with van der Waals surface area (Å²) >= 11 is 5.94. The molecule has 0 unspecified atom stereocenters. The quantitative estimate of drug-likeness (QED) is 0.531. The summed E-state index contributed by atoms with van der Waals surface area (Å²) in [6.45, 7) is 2.44. The highest BCUT2D eigenvalue weighted by Gasteiger charge is 2.20. The Balaban J connectivity index is 1.67. The average Bonchev–Trinajstić information content (AvgIpc) is 3.14. The van der Waals surface area contributed by atoms with E-state index in [-0.39, 0.29) is 12.5 Å². The Morgan fingerprint density at radius 3 is 2.70 bits per heavy atom. The van der Waals surface area contributed by atoms with Crippen LogP contribution in [0, 0.1) is 6.92 Å². The Morgan fingerprint density at radius 1 is 1.17 bits per heavy atom. The van der Waals surface area contributed by atoms with E-state index in [4.69, 9.17) is 17.3 Å². The van der Waals surface area contributed by atoms with Crippen LogP contribution in [0.4, 0.5) is 5.82 Å². The Kier molecular flexibility index (Phi) is 5.33. The van der Waals surface area contributed by atoms with Crippen molar-refractivity contribution in [2.75, 3.05) is 5.73 Å². The van der Waals surface area contributed by atoms with Crippen LogP contribution in [0.25, 0.3) is 10.9 Å². The fourth-order valence-electron chi connectivity index (χ4n) is 3.13. The SMILES string of the molecule is Cc1cc2cc(C(=O)N(Cc3ccc(Cl)cn3)Cc3ncn(C)n3)ccc2nc1N. The second kappa shape index (κ2) is 8.08. The molecule has 0 fully saturated rings. The van der Waals surface area contributed by atoms with Gasteiger partial charge in [0.05, 0.1) is 29.3 Å². The fourth-order valence-corrected chi connectivity index (χ4v) is 3.25. The number of hydrogen-bond donors (Lipinski definition) is 1. The number of aryl methyl sites for hydroxylation is 2. The maximum absolute atomic E-state index is 13.4. The predicted molar refractivity (Wildman–Crippen MR) is 115 cm³/mol. The molecule has 30 heavy (non-hydrogen) atoms. The van der Waals surface area contributed by atoms with Crippen LogP contribution in [0.2, 0.25) is 5.02 Å². The zero-order valence-electron chi connectivity index (χ0n) is 16.6. The van der Waals surface area contributed by atoms with Crippen LogP contribution in [0.5, 0.6) is 0 Å². The molecule has 0 spiro atoms.